The second-order valence-corrected chi connectivity index (χ2v) is 6.03. The van der Waals surface area contributed by atoms with Crippen LogP contribution in [0.25, 0.3) is 0 Å². The maximum absolute atomic E-state index is 2.18. The normalized spacial score (nSPS) is 23.6. The Morgan fingerprint density at radius 1 is 1.12 bits per heavy atom. The predicted molar refractivity (Wildman–Crippen MR) is 40.2 cm³/mol. The molecule has 0 nitrogen and oxygen atoms in total. The molecule has 0 aromatic carbocycles. The first kappa shape index (κ1) is 7.38. The van der Waals surface area contributed by atoms with E-state index in [4.69, 9.17) is 0 Å². The van der Waals surface area contributed by atoms with Crippen LogP contribution in [0.1, 0.15) is 32.1 Å². The zero-order chi connectivity index (χ0) is 5.82. The van der Waals surface area contributed by atoms with Gasteiger partial charge < -0.3 is 0 Å². The summed E-state index contributed by atoms with van der Waals surface area (Å²) in [6.07, 6.45) is 7.51. The third-order valence-corrected chi connectivity index (χ3v) is 6.41. The molecule has 3 radical (unpaired) electrons. The Morgan fingerprint density at radius 2 is 1.75 bits per heavy atom. The van der Waals surface area contributed by atoms with E-state index in [0.29, 0.717) is 0 Å². The fourth-order valence-corrected chi connectivity index (χ4v) is 4.50. The molecule has 1 fully saturated rings. The summed E-state index contributed by atoms with van der Waals surface area (Å²) in [7, 11) is 2.18. The summed E-state index contributed by atoms with van der Waals surface area (Å²) in [6.45, 7) is 0. The van der Waals surface area contributed by atoms with Crippen molar-refractivity contribution in [3.8, 4) is 0 Å². The van der Waals surface area contributed by atoms with Gasteiger partial charge in [-0.05, 0) is 0 Å². The van der Waals surface area contributed by atoms with E-state index in [-0.39, 0.29) is 0 Å². The molecule has 0 unspecified atom stereocenters. The van der Waals surface area contributed by atoms with Crippen LogP contribution in [-0.2, 0) is 0 Å². The maximum atomic E-state index is 2.18. The van der Waals surface area contributed by atoms with Gasteiger partial charge >= 0.3 is 69.9 Å². The van der Waals surface area contributed by atoms with Gasteiger partial charge in [0.05, 0.1) is 0 Å². The molecular formula is C6H11PbS. The van der Waals surface area contributed by atoms with E-state index in [0.717, 1.165) is 5.25 Å². The van der Waals surface area contributed by atoms with E-state index in [2.05, 4.69) is 8.31 Å². The molecule has 1 aliphatic carbocycles. The third-order valence-electron chi connectivity index (χ3n) is 1.72. The first-order valence-corrected chi connectivity index (χ1v) is 8.90. The molecule has 1 saturated carbocycles. The zero-order valence-electron chi connectivity index (χ0n) is 5.02. The molecule has 2 heteroatoms. The van der Waals surface area contributed by atoms with Gasteiger partial charge in [-0.25, -0.2) is 0 Å². The van der Waals surface area contributed by atoms with Crippen LogP contribution < -0.4 is 0 Å². The fourth-order valence-electron chi connectivity index (χ4n) is 1.18. The van der Waals surface area contributed by atoms with Gasteiger partial charge in [0.25, 0.3) is 0 Å². The summed E-state index contributed by atoms with van der Waals surface area (Å²) < 4.78 is 0. The van der Waals surface area contributed by atoms with E-state index in [1.807, 2.05) is 0 Å². The van der Waals surface area contributed by atoms with E-state index in [1.165, 1.54) is 56.4 Å². The van der Waals surface area contributed by atoms with Gasteiger partial charge in [0.15, 0.2) is 0 Å². The fraction of sp³-hybridized carbons (Fsp3) is 1.00. The third kappa shape index (κ3) is 2.25. The Bertz CT molecular complexity index is 59.5. The Morgan fingerprint density at radius 3 is 2.12 bits per heavy atom. The topological polar surface area (TPSA) is 0 Å². The molecule has 0 aromatic heterocycles. The first-order chi connectivity index (χ1) is 3.93. The Kier molecular flexibility index (Phi) is 3.82. The molecule has 0 aromatic rings. The van der Waals surface area contributed by atoms with Crippen molar-refractivity contribution in [1.82, 2.24) is 0 Å². The van der Waals surface area contributed by atoms with Gasteiger partial charge in [0, 0.05) is 0 Å². The van der Waals surface area contributed by atoms with Crippen LogP contribution in [0.15, 0.2) is 0 Å². The Balaban J connectivity index is 2.13. The number of hydrogen-bond donors (Lipinski definition) is 0. The summed E-state index contributed by atoms with van der Waals surface area (Å²) in [5, 5.41) is 1.07. The van der Waals surface area contributed by atoms with Crippen molar-refractivity contribution in [3.05, 3.63) is 0 Å². The van der Waals surface area contributed by atoms with E-state index in [1.54, 1.807) is 0 Å². The van der Waals surface area contributed by atoms with Gasteiger partial charge in [-0.1, -0.05) is 0 Å². The van der Waals surface area contributed by atoms with Gasteiger partial charge in [0.2, 0.25) is 0 Å². The predicted octanol–water partition coefficient (Wildman–Crippen LogP) is 2.14. The van der Waals surface area contributed by atoms with Crippen LogP contribution in [0, 0.1) is 0 Å². The standard InChI is InChI=1S/C6H12S.Pb/c7-6-4-2-1-3-5-6;/h6-7H,1-5H2;/q;+1/p-1. The van der Waals surface area contributed by atoms with Gasteiger partial charge in [-0.3, -0.25) is 0 Å². The Hall–Kier alpha value is 1.27. The average molecular weight is 322 g/mol. The molecule has 0 N–H and O–H groups in total. The minimum absolute atomic E-state index is 1.07. The molecular weight excluding hydrogens is 311 g/mol. The molecule has 0 bridgehead atoms. The average Bonchev–Trinajstić information content (AvgIpc) is 1.90. The van der Waals surface area contributed by atoms with Crippen molar-refractivity contribution in [2.75, 3.05) is 0 Å². The van der Waals surface area contributed by atoms with Crippen molar-refractivity contribution in [1.29, 1.82) is 0 Å². The summed E-state index contributed by atoms with van der Waals surface area (Å²) in [6, 6.07) is 0. The molecule has 0 amide bonds. The van der Waals surface area contributed by atoms with E-state index >= 15 is 0 Å². The van der Waals surface area contributed by atoms with Crippen LogP contribution in [0.3, 0.4) is 0 Å². The molecule has 0 atom stereocenters. The van der Waals surface area contributed by atoms with Crippen molar-refractivity contribution in [3.63, 3.8) is 0 Å². The van der Waals surface area contributed by atoms with Crippen molar-refractivity contribution in [2.24, 2.45) is 0 Å². The minimum atomic E-state index is 1.07. The molecule has 0 aliphatic heterocycles. The summed E-state index contributed by atoms with van der Waals surface area (Å²) >= 11 is 1.35. The molecule has 0 spiro atoms. The molecule has 45 valence electrons. The summed E-state index contributed by atoms with van der Waals surface area (Å²) in [5.41, 5.74) is 0. The second kappa shape index (κ2) is 4.15. The summed E-state index contributed by atoms with van der Waals surface area (Å²) in [5.74, 6) is 0. The first-order valence-electron chi connectivity index (χ1n) is 3.26. The van der Waals surface area contributed by atoms with Crippen LogP contribution in [0.5, 0.6) is 0 Å². The molecule has 0 saturated heterocycles. The van der Waals surface area contributed by atoms with Crippen molar-refractivity contribution < 1.29 is 0 Å². The van der Waals surface area contributed by atoms with Crippen molar-refractivity contribution in [2.45, 2.75) is 37.4 Å². The van der Waals surface area contributed by atoms with Crippen LogP contribution in [-0.4, -0.2) is 29.5 Å². The molecule has 1 aliphatic rings. The Labute approximate surface area is 69.6 Å². The quantitative estimate of drug-likeness (QED) is 0.667. The monoisotopic (exact) mass is 323 g/mol. The van der Waals surface area contributed by atoms with E-state index < -0.39 is 0 Å². The zero-order valence-corrected chi connectivity index (χ0v) is 9.73. The van der Waals surface area contributed by atoms with E-state index in [9.17, 15) is 0 Å². The molecule has 8 heavy (non-hydrogen) atoms. The molecule has 1 rings (SSSR count). The van der Waals surface area contributed by atoms with Gasteiger partial charge in [-0.15, -0.1) is 0 Å². The van der Waals surface area contributed by atoms with Crippen LogP contribution >= 0.6 is 8.31 Å². The van der Waals surface area contributed by atoms with Crippen molar-refractivity contribution >= 4 is 32.6 Å². The SMILES string of the molecule is [Pb][S]C1CCCCC1. The number of rotatable bonds is 1. The molecule has 0 heterocycles. The van der Waals surface area contributed by atoms with Crippen LogP contribution in [0.4, 0.5) is 0 Å². The van der Waals surface area contributed by atoms with Gasteiger partial charge in [0.1, 0.15) is 0 Å². The number of hydrogen-bond acceptors (Lipinski definition) is 1. The summed E-state index contributed by atoms with van der Waals surface area (Å²) in [4.78, 5) is 0. The van der Waals surface area contributed by atoms with Gasteiger partial charge in [-0.2, -0.15) is 0 Å². The second-order valence-electron chi connectivity index (χ2n) is 2.38. The van der Waals surface area contributed by atoms with Crippen LogP contribution in [0.2, 0.25) is 0 Å².